The monoisotopic (exact) mass is 508 g/mol. The van der Waals surface area contributed by atoms with Gasteiger partial charge < -0.3 is 10.1 Å². The molecule has 2 N–H and O–H groups in total. The smallest absolute Gasteiger partial charge is 0.237 e. The molecular formula is C21H21ClN4O3S3. The molecule has 0 spiro atoms. The van der Waals surface area contributed by atoms with E-state index in [1.54, 1.807) is 29.5 Å². The third-order valence-corrected chi connectivity index (χ3v) is 8.55. The second kappa shape index (κ2) is 10.2. The van der Waals surface area contributed by atoms with Crippen LogP contribution in [-0.4, -0.2) is 34.9 Å². The fourth-order valence-corrected chi connectivity index (χ4v) is 6.44. The van der Waals surface area contributed by atoms with E-state index in [1.807, 2.05) is 17.5 Å². The normalized spacial score (nSPS) is 14.8. The highest BCUT2D eigenvalue weighted by Gasteiger charge is 2.43. The molecule has 168 valence electrons. The van der Waals surface area contributed by atoms with Gasteiger partial charge in [0.1, 0.15) is 5.75 Å². The van der Waals surface area contributed by atoms with Gasteiger partial charge in [-0.25, -0.2) is 0 Å². The van der Waals surface area contributed by atoms with E-state index in [4.69, 9.17) is 16.3 Å². The third kappa shape index (κ3) is 5.09. The summed E-state index contributed by atoms with van der Waals surface area (Å²) >= 11 is 10.1. The Hall–Kier alpha value is -2.14. The zero-order chi connectivity index (χ0) is 22.6. The van der Waals surface area contributed by atoms with E-state index < -0.39 is 5.41 Å². The highest BCUT2D eigenvalue weighted by Crippen LogP contribution is 2.44. The number of halogens is 1. The van der Waals surface area contributed by atoms with Gasteiger partial charge in [-0.2, -0.15) is 0 Å². The van der Waals surface area contributed by atoms with Gasteiger partial charge in [0.25, 0.3) is 0 Å². The molecule has 1 aliphatic rings. The molecule has 4 rings (SSSR count). The molecule has 1 aromatic carbocycles. The SMILES string of the molecule is COc1ccc(Cl)cc1NC(=O)CSc1nnc(NC(=O)C2(c3cccs3)CCCC2)s1. The number of ether oxygens (including phenoxy) is 1. The van der Waals surface area contributed by atoms with E-state index >= 15 is 0 Å². The Bertz CT molecular complexity index is 1100. The second-order valence-corrected chi connectivity index (χ2v) is 10.9. The maximum atomic E-state index is 13.1. The fourth-order valence-electron chi connectivity index (χ4n) is 3.74. The molecule has 0 aliphatic heterocycles. The molecule has 0 saturated heterocycles. The molecule has 0 atom stereocenters. The van der Waals surface area contributed by atoms with Crippen molar-refractivity contribution in [3.63, 3.8) is 0 Å². The van der Waals surface area contributed by atoms with Crippen molar-refractivity contribution in [2.24, 2.45) is 0 Å². The predicted octanol–water partition coefficient (Wildman–Crippen LogP) is 5.44. The van der Waals surface area contributed by atoms with Crippen LogP contribution in [0.2, 0.25) is 5.02 Å². The highest BCUT2D eigenvalue weighted by molar-refractivity contribution is 8.01. The van der Waals surface area contributed by atoms with Gasteiger partial charge in [-0.15, -0.1) is 21.5 Å². The van der Waals surface area contributed by atoms with Gasteiger partial charge in [-0.05, 0) is 42.5 Å². The summed E-state index contributed by atoms with van der Waals surface area (Å²) < 4.78 is 5.84. The van der Waals surface area contributed by atoms with Gasteiger partial charge in [-0.1, -0.05) is 53.6 Å². The number of thiophene rings is 1. The van der Waals surface area contributed by atoms with E-state index in [-0.39, 0.29) is 17.6 Å². The highest BCUT2D eigenvalue weighted by atomic mass is 35.5. The molecular weight excluding hydrogens is 488 g/mol. The van der Waals surface area contributed by atoms with Crippen molar-refractivity contribution >= 4 is 68.7 Å². The van der Waals surface area contributed by atoms with Gasteiger partial charge in [0, 0.05) is 9.90 Å². The van der Waals surface area contributed by atoms with Crippen LogP contribution in [0, 0.1) is 0 Å². The van der Waals surface area contributed by atoms with E-state index in [1.165, 1.54) is 30.2 Å². The number of hydrogen-bond donors (Lipinski definition) is 2. The van der Waals surface area contributed by atoms with Gasteiger partial charge >= 0.3 is 0 Å². The summed E-state index contributed by atoms with van der Waals surface area (Å²) in [4.78, 5) is 26.6. The van der Waals surface area contributed by atoms with E-state index in [2.05, 4.69) is 20.8 Å². The molecule has 3 aromatic rings. The van der Waals surface area contributed by atoms with Crippen LogP contribution in [-0.2, 0) is 15.0 Å². The summed E-state index contributed by atoms with van der Waals surface area (Å²) in [5.74, 6) is 0.410. The number of rotatable bonds is 8. The molecule has 1 fully saturated rings. The zero-order valence-corrected chi connectivity index (χ0v) is 20.4. The van der Waals surface area contributed by atoms with Crippen LogP contribution in [0.3, 0.4) is 0 Å². The van der Waals surface area contributed by atoms with E-state index in [9.17, 15) is 9.59 Å². The molecule has 0 bridgehead atoms. The quantitative estimate of drug-likeness (QED) is 0.311. The minimum atomic E-state index is -0.483. The molecule has 0 unspecified atom stereocenters. The zero-order valence-electron chi connectivity index (χ0n) is 17.2. The first kappa shape index (κ1) is 23.0. The van der Waals surface area contributed by atoms with Crippen LogP contribution in [0.5, 0.6) is 5.75 Å². The molecule has 2 heterocycles. The third-order valence-electron chi connectivity index (χ3n) is 5.27. The number of benzene rings is 1. The van der Waals surface area contributed by atoms with Gasteiger partial charge in [0.05, 0.1) is 24.0 Å². The largest absolute Gasteiger partial charge is 0.495 e. The van der Waals surface area contributed by atoms with E-state index in [0.717, 1.165) is 30.6 Å². The molecule has 11 heteroatoms. The van der Waals surface area contributed by atoms with Crippen LogP contribution in [0.4, 0.5) is 10.8 Å². The van der Waals surface area contributed by atoms with Gasteiger partial charge in [0.15, 0.2) is 4.34 Å². The Balaban J connectivity index is 1.35. The van der Waals surface area contributed by atoms with Crippen molar-refractivity contribution in [2.45, 2.75) is 35.4 Å². The lowest BCUT2D eigenvalue weighted by Crippen LogP contribution is -2.37. The summed E-state index contributed by atoms with van der Waals surface area (Å²) in [7, 11) is 1.53. The predicted molar refractivity (Wildman–Crippen MR) is 130 cm³/mol. The van der Waals surface area contributed by atoms with Crippen molar-refractivity contribution in [2.75, 3.05) is 23.5 Å². The number of anilines is 2. The first-order chi connectivity index (χ1) is 15.5. The number of methoxy groups -OCH3 is 1. The minimum Gasteiger partial charge on any atom is -0.495 e. The number of aromatic nitrogens is 2. The molecule has 1 saturated carbocycles. The van der Waals surface area contributed by atoms with Crippen LogP contribution in [0.15, 0.2) is 40.1 Å². The van der Waals surface area contributed by atoms with Crippen molar-refractivity contribution in [3.8, 4) is 5.75 Å². The second-order valence-electron chi connectivity index (χ2n) is 7.28. The minimum absolute atomic E-state index is 0.0315. The molecule has 2 amide bonds. The summed E-state index contributed by atoms with van der Waals surface area (Å²) in [5, 5.41) is 16.9. The Morgan fingerprint density at radius 2 is 2.03 bits per heavy atom. The van der Waals surface area contributed by atoms with Crippen LogP contribution in [0.25, 0.3) is 0 Å². The van der Waals surface area contributed by atoms with Crippen LogP contribution in [0.1, 0.15) is 30.6 Å². The molecule has 2 aromatic heterocycles. The number of nitrogens with one attached hydrogen (secondary N) is 2. The Morgan fingerprint density at radius 1 is 1.22 bits per heavy atom. The van der Waals surface area contributed by atoms with Crippen LogP contribution < -0.4 is 15.4 Å². The Kier molecular flexibility index (Phi) is 7.34. The van der Waals surface area contributed by atoms with Crippen LogP contribution >= 0.6 is 46.0 Å². The number of amides is 2. The van der Waals surface area contributed by atoms with Crippen molar-refractivity contribution < 1.29 is 14.3 Å². The Labute approximate surface area is 202 Å². The fraction of sp³-hybridized carbons (Fsp3) is 0.333. The van der Waals surface area contributed by atoms with Gasteiger partial charge in [-0.3, -0.25) is 14.9 Å². The summed E-state index contributed by atoms with van der Waals surface area (Å²) in [6.45, 7) is 0. The molecule has 0 radical (unpaired) electrons. The first-order valence-electron chi connectivity index (χ1n) is 9.95. The summed E-state index contributed by atoms with van der Waals surface area (Å²) in [6.07, 6.45) is 3.75. The standard InChI is InChI=1S/C21H21ClN4O3S3/c1-29-15-7-6-13(22)11-14(15)23-17(27)12-31-20-26-25-19(32-20)24-18(28)21(8-2-3-9-21)16-5-4-10-30-16/h4-7,10-11H,2-3,8-9,12H2,1H3,(H,23,27)(H,24,25,28). The number of hydrogen-bond acceptors (Lipinski definition) is 8. The lowest BCUT2D eigenvalue weighted by Gasteiger charge is -2.25. The van der Waals surface area contributed by atoms with Crippen molar-refractivity contribution in [1.29, 1.82) is 0 Å². The molecule has 32 heavy (non-hydrogen) atoms. The Morgan fingerprint density at radius 3 is 2.75 bits per heavy atom. The van der Waals surface area contributed by atoms with Gasteiger partial charge in [0.2, 0.25) is 16.9 Å². The number of nitrogens with zero attached hydrogens (tertiary/aromatic N) is 2. The number of carbonyl (C=O) groups excluding carboxylic acids is 2. The lowest BCUT2D eigenvalue weighted by atomic mass is 9.83. The first-order valence-corrected chi connectivity index (χ1v) is 13.0. The number of carbonyl (C=O) groups is 2. The summed E-state index contributed by atoms with van der Waals surface area (Å²) in [5.41, 5.74) is 0.0227. The topological polar surface area (TPSA) is 93.2 Å². The van der Waals surface area contributed by atoms with E-state index in [0.29, 0.717) is 25.9 Å². The molecule has 7 nitrogen and oxygen atoms in total. The van der Waals surface area contributed by atoms with Crippen molar-refractivity contribution in [3.05, 3.63) is 45.6 Å². The average molecular weight is 509 g/mol. The lowest BCUT2D eigenvalue weighted by molar-refractivity contribution is -0.121. The number of thioether (sulfide) groups is 1. The molecule has 1 aliphatic carbocycles. The maximum Gasteiger partial charge on any atom is 0.237 e. The average Bonchev–Trinajstić information content (AvgIpc) is 3.54. The van der Waals surface area contributed by atoms with Crippen molar-refractivity contribution in [1.82, 2.24) is 10.2 Å². The maximum absolute atomic E-state index is 13.1. The summed E-state index contributed by atoms with van der Waals surface area (Å²) in [6, 6.07) is 9.03.